The fourth-order valence-electron chi connectivity index (χ4n) is 1.53. The zero-order valence-corrected chi connectivity index (χ0v) is 8.94. The first kappa shape index (κ1) is 10.5. The lowest BCUT2D eigenvalue weighted by atomic mass is 10.2. The third-order valence-electron chi connectivity index (χ3n) is 2.37. The molecule has 82 valence electrons. The SMILES string of the molecule is CCCCOC1OCOc2ccccc21. The van der Waals surface area contributed by atoms with Crippen molar-refractivity contribution in [1.29, 1.82) is 0 Å². The van der Waals surface area contributed by atoms with Crippen molar-refractivity contribution >= 4 is 0 Å². The van der Waals surface area contributed by atoms with Gasteiger partial charge in [-0.2, -0.15) is 0 Å². The van der Waals surface area contributed by atoms with E-state index in [1.54, 1.807) is 0 Å². The van der Waals surface area contributed by atoms with Crippen LogP contribution in [0, 0.1) is 0 Å². The molecule has 1 aliphatic rings. The van der Waals surface area contributed by atoms with E-state index in [0.717, 1.165) is 30.8 Å². The molecule has 0 saturated heterocycles. The second kappa shape index (κ2) is 5.14. The third kappa shape index (κ3) is 2.49. The van der Waals surface area contributed by atoms with Gasteiger partial charge in [-0.3, -0.25) is 0 Å². The number of benzene rings is 1. The number of fused-ring (bicyclic) bond motifs is 1. The highest BCUT2D eigenvalue weighted by atomic mass is 16.8. The Hall–Kier alpha value is -1.06. The monoisotopic (exact) mass is 208 g/mol. The van der Waals surface area contributed by atoms with Gasteiger partial charge in [-0.25, -0.2) is 0 Å². The Kier molecular flexibility index (Phi) is 3.59. The smallest absolute Gasteiger partial charge is 0.192 e. The largest absolute Gasteiger partial charge is 0.467 e. The van der Waals surface area contributed by atoms with Crippen LogP contribution in [0.5, 0.6) is 5.75 Å². The molecule has 3 nitrogen and oxygen atoms in total. The summed E-state index contributed by atoms with van der Waals surface area (Å²) >= 11 is 0. The molecule has 2 rings (SSSR count). The van der Waals surface area contributed by atoms with Crippen LogP contribution in [0.15, 0.2) is 24.3 Å². The normalized spacial score (nSPS) is 19.4. The molecule has 0 N–H and O–H groups in total. The van der Waals surface area contributed by atoms with Crippen molar-refractivity contribution in [2.75, 3.05) is 13.4 Å². The molecule has 0 aromatic heterocycles. The first-order chi connectivity index (χ1) is 7.42. The average Bonchev–Trinajstić information content (AvgIpc) is 2.30. The van der Waals surface area contributed by atoms with Crippen molar-refractivity contribution in [1.82, 2.24) is 0 Å². The van der Waals surface area contributed by atoms with Crippen LogP contribution in [0.4, 0.5) is 0 Å². The number of rotatable bonds is 4. The van der Waals surface area contributed by atoms with Gasteiger partial charge < -0.3 is 14.2 Å². The lowest BCUT2D eigenvalue weighted by Crippen LogP contribution is -2.19. The van der Waals surface area contributed by atoms with Gasteiger partial charge in [0, 0.05) is 5.56 Å². The summed E-state index contributed by atoms with van der Waals surface area (Å²) in [5.41, 5.74) is 0.986. The summed E-state index contributed by atoms with van der Waals surface area (Å²) in [7, 11) is 0. The molecule has 1 atom stereocenters. The van der Waals surface area contributed by atoms with E-state index in [2.05, 4.69) is 6.92 Å². The lowest BCUT2D eigenvalue weighted by molar-refractivity contribution is -0.194. The summed E-state index contributed by atoms with van der Waals surface area (Å²) in [6, 6.07) is 7.83. The zero-order valence-electron chi connectivity index (χ0n) is 8.94. The molecule has 1 aromatic carbocycles. The van der Waals surface area contributed by atoms with Crippen molar-refractivity contribution < 1.29 is 14.2 Å². The van der Waals surface area contributed by atoms with E-state index in [1.807, 2.05) is 24.3 Å². The van der Waals surface area contributed by atoms with Gasteiger partial charge in [0.25, 0.3) is 0 Å². The topological polar surface area (TPSA) is 27.7 Å². The first-order valence-electron chi connectivity index (χ1n) is 5.36. The van der Waals surface area contributed by atoms with Crippen LogP contribution in [0.25, 0.3) is 0 Å². The Morgan fingerprint density at radius 3 is 3.13 bits per heavy atom. The van der Waals surface area contributed by atoms with Crippen LogP contribution < -0.4 is 4.74 Å². The molecule has 0 bridgehead atoms. The standard InChI is InChI=1S/C12H16O3/c1-2-3-8-13-12-10-6-4-5-7-11(10)14-9-15-12/h4-7,12H,2-3,8-9H2,1H3. The minimum absolute atomic E-state index is 0.263. The molecule has 0 aliphatic carbocycles. The highest BCUT2D eigenvalue weighted by Gasteiger charge is 2.21. The molecule has 0 fully saturated rings. The van der Waals surface area contributed by atoms with Gasteiger partial charge in [-0.15, -0.1) is 0 Å². The van der Waals surface area contributed by atoms with E-state index < -0.39 is 0 Å². The summed E-state index contributed by atoms with van der Waals surface area (Å²) in [6.07, 6.45) is 1.93. The quantitative estimate of drug-likeness (QED) is 0.712. The van der Waals surface area contributed by atoms with Gasteiger partial charge in [0.1, 0.15) is 5.75 Å². The predicted molar refractivity (Wildman–Crippen MR) is 56.6 cm³/mol. The molecule has 1 unspecified atom stereocenters. The molecule has 1 heterocycles. The number of hydrogen-bond acceptors (Lipinski definition) is 3. The molecule has 1 aliphatic heterocycles. The van der Waals surface area contributed by atoms with Crippen LogP contribution in [-0.4, -0.2) is 13.4 Å². The molecule has 0 radical (unpaired) electrons. The van der Waals surface area contributed by atoms with E-state index >= 15 is 0 Å². The molecule has 15 heavy (non-hydrogen) atoms. The number of ether oxygens (including phenoxy) is 3. The lowest BCUT2D eigenvalue weighted by Gasteiger charge is -2.25. The molecule has 1 aromatic rings. The van der Waals surface area contributed by atoms with Crippen LogP contribution in [0.2, 0.25) is 0 Å². The molecule has 0 saturated carbocycles. The van der Waals surface area contributed by atoms with Crippen molar-refractivity contribution in [2.45, 2.75) is 26.1 Å². The Balaban J connectivity index is 2.02. The van der Waals surface area contributed by atoms with Crippen LogP contribution in [0.1, 0.15) is 31.6 Å². The second-order valence-electron chi connectivity index (χ2n) is 3.52. The summed E-state index contributed by atoms with van der Waals surface area (Å²) in [6.45, 7) is 3.14. The molecule has 0 spiro atoms. The minimum Gasteiger partial charge on any atom is -0.467 e. The van der Waals surface area contributed by atoms with Gasteiger partial charge in [-0.1, -0.05) is 31.5 Å². The Morgan fingerprint density at radius 1 is 1.40 bits per heavy atom. The fraction of sp³-hybridized carbons (Fsp3) is 0.500. The maximum Gasteiger partial charge on any atom is 0.192 e. The zero-order chi connectivity index (χ0) is 10.5. The van der Waals surface area contributed by atoms with Crippen LogP contribution >= 0.6 is 0 Å². The van der Waals surface area contributed by atoms with Gasteiger partial charge >= 0.3 is 0 Å². The van der Waals surface area contributed by atoms with Crippen LogP contribution in [-0.2, 0) is 9.47 Å². The predicted octanol–water partition coefficient (Wildman–Crippen LogP) is 2.87. The number of unbranched alkanes of at least 4 members (excludes halogenated alkanes) is 1. The first-order valence-corrected chi connectivity index (χ1v) is 5.36. The van der Waals surface area contributed by atoms with E-state index in [9.17, 15) is 0 Å². The average molecular weight is 208 g/mol. The molecular weight excluding hydrogens is 192 g/mol. The van der Waals surface area contributed by atoms with Gasteiger partial charge in [0.05, 0.1) is 6.61 Å². The van der Waals surface area contributed by atoms with Crippen molar-refractivity contribution in [2.24, 2.45) is 0 Å². The summed E-state index contributed by atoms with van der Waals surface area (Å²) in [4.78, 5) is 0. The fourth-order valence-corrected chi connectivity index (χ4v) is 1.53. The van der Waals surface area contributed by atoms with Crippen molar-refractivity contribution in [3.63, 3.8) is 0 Å². The van der Waals surface area contributed by atoms with Gasteiger partial charge in [0.2, 0.25) is 0 Å². The number of para-hydroxylation sites is 1. The molecular formula is C12H16O3. The minimum atomic E-state index is -0.263. The van der Waals surface area contributed by atoms with E-state index in [4.69, 9.17) is 14.2 Å². The highest BCUT2D eigenvalue weighted by molar-refractivity contribution is 5.35. The molecule has 0 amide bonds. The maximum atomic E-state index is 5.65. The second-order valence-corrected chi connectivity index (χ2v) is 3.52. The van der Waals surface area contributed by atoms with Crippen molar-refractivity contribution in [3.05, 3.63) is 29.8 Å². The summed E-state index contributed by atoms with van der Waals surface area (Å²) in [5, 5.41) is 0. The maximum absolute atomic E-state index is 5.65. The molecule has 3 heteroatoms. The number of hydrogen-bond donors (Lipinski definition) is 0. The van der Waals surface area contributed by atoms with Gasteiger partial charge in [0.15, 0.2) is 13.1 Å². The third-order valence-corrected chi connectivity index (χ3v) is 2.37. The Morgan fingerprint density at radius 2 is 2.27 bits per heavy atom. The van der Waals surface area contributed by atoms with Gasteiger partial charge in [-0.05, 0) is 12.5 Å². The summed E-state index contributed by atoms with van der Waals surface area (Å²) < 4.78 is 16.4. The summed E-state index contributed by atoms with van der Waals surface area (Å²) in [5.74, 6) is 0.866. The van der Waals surface area contributed by atoms with E-state index in [-0.39, 0.29) is 13.1 Å². The van der Waals surface area contributed by atoms with Crippen molar-refractivity contribution in [3.8, 4) is 5.75 Å². The van der Waals surface area contributed by atoms with E-state index in [1.165, 1.54) is 0 Å². The highest BCUT2D eigenvalue weighted by Crippen LogP contribution is 2.32. The Bertz CT molecular complexity index is 311. The van der Waals surface area contributed by atoms with E-state index in [0.29, 0.717) is 0 Å². The Labute approximate surface area is 90.0 Å². The van der Waals surface area contributed by atoms with Crippen LogP contribution in [0.3, 0.4) is 0 Å².